The Morgan fingerprint density at radius 2 is 2.28 bits per heavy atom. The smallest absolute Gasteiger partial charge is 0.321 e. The highest BCUT2D eigenvalue weighted by atomic mass is 32.2. The van der Waals surface area contributed by atoms with Gasteiger partial charge in [-0.05, 0) is 36.3 Å². The normalized spacial score (nSPS) is 20.2. The van der Waals surface area contributed by atoms with Crippen molar-refractivity contribution in [1.82, 2.24) is 0 Å². The standard InChI is InChI=1S/C14H19NO2S/c15-13(14(16)17)9-18-8-11-6-3-5-10-4-1-2-7-12(10)11/h1-2,4,7,11,13H,3,5-6,8-9,15H2,(H,16,17)/t11?,13-/m0/s1. The van der Waals surface area contributed by atoms with E-state index in [1.54, 1.807) is 11.8 Å². The predicted octanol–water partition coefficient (Wildman–Crippen LogP) is 2.25. The number of benzene rings is 1. The fourth-order valence-corrected chi connectivity index (χ4v) is 3.60. The summed E-state index contributed by atoms with van der Waals surface area (Å²) in [5.41, 5.74) is 8.41. The Balaban J connectivity index is 1.90. The van der Waals surface area contributed by atoms with Gasteiger partial charge in [0.05, 0.1) is 0 Å². The summed E-state index contributed by atoms with van der Waals surface area (Å²) in [5, 5.41) is 8.74. The van der Waals surface area contributed by atoms with Gasteiger partial charge in [0.25, 0.3) is 0 Å². The van der Waals surface area contributed by atoms with E-state index < -0.39 is 12.0 Å². The zero-order valence-electron chi connectivity index (χ0n) is 10.3. The lowest BCUT2D eigenvalue weighted by molar-refractivity contribution is -0.137. The van der Waals surface area contributed by atoms with E-state index in [1.165, 1.54) is 30.4 Å². The van der Waals surface area contributed by atoms with Crippen LogP contribution >= 0.6 is 11.8 Å². The van der Waals surface area contributed by atoms with Crippen LogP contribution in [0.3, 0.4) is 0 Å². The summed E-state index contributed by atoms with van der Waals surface area (Å²) >= 11 is 1.65. The average molecular weight is 265 g/mol. The number of hydrogen-bond donors (Lipinski definition) is 2. The summed E-state index contributed by atoms with van der Waals surface area (Å²) in [7, 11) is 0. The Morgan fingerprint density at radius 1 is 1.50 bits per heavy atom. The van der Waals surface area contributed by atoms with Gasteiger partial charge in [-0.15, -0.1) is 0 Å². The van der Waals surface area contributed by atoms with Crippen molar-refractivity contribution >= 4 is 17.7 Å². The monoisotopic (exact) mass is 265 g/mol. The summed E-state index contributed by atoms with van der Waals surface area (Å²) in [6, 6.07) is 7.85. The summed E-state index contributed by atoms with van der Waals surface area (Å²) in [5.74, 6) is 1.11. The Kier molecular flexibility index (Phi) is 4.66. The van der Waals surface area contributed by atoms with Crippen LogP contribution in [0.4, 0.5) is 0 Å². The molecule has 1 aliphatic rings. The molecule has 1 aromatic carbocycles. The first-order valence-corrected chi connectivity index (χ1v) is 7.48. The van der Waals surface area contributed by atoms with Gasteiger partial charge in [0, 0.05) is 11.5 Å². The number of fused-ring (bicyclic) bond motifs is 1. The minimum Gasteiger partial charge on any atom is -0.480 e. The number of hydrogen-bond acceptors (Lipinski definition) is 3. The van der Waals surface area contributed by atoms with E-state index in [4.69, 9.17) is 10.8 Å². The van der Waals surface area contributed by atoms with Gasteiger partial charge in [0.1, 0.15) is 6.04 Å². The maximum absolute atomic E-state index is 10.6. The van der Waals surface area contributed by atoms with Crippen molar-refractivity contribution in [3.8, 4) is 0 Å². The molecule has 4 heteroatoms. The molecule has 0 aromatic heterocycles. The molecular formula is C14H19NO2S. The molecule has 1 aromatic rings. The van der Waals surface area contributed by atoms with Gasteiger partial charge in [0.2, 0.25) is 0 Å². The van der Waals surface area contributed by atoms with E-state index in [2.05, 4.69) is 24.3 Å². The van der Waals surface area contributed by atoms with Crippen molar-refractivity contribution in [2.75, 3.05) is 11.5 Å². The lowest BCUT2D eigenvalue weighted by Crippen LogP contribution is -2.32. The number of aryl methyl sites for hydroxylation is 1. The van der Waals surface area contributed by atoms with Crippen LogP contribution in [0.1, 0.15) is 29.9 Å². The first-order valence-electron chi connectivity index (χ1n) is 6.32. The summed E-state index contributed by atoms with van der Waals surface area (Å²) in [6.45, 7) is 0. The second-order valence-corrected chi connectivity index (χ2v) is 5.85. The fraction of sp³-hybridized carbons (Fsp3) is 0.500. The molecule has 18 heavy (non-hydrogen) atoms. The molecule has 2 atom stereocenters. The quantitative estimate of drug-likeness (QED) is 0.857. The highest BCUT2D eigenvalue weighted by Gasteiger charge is 2.20. The third kappa shape index (κ3) is 3.27. The van der Waals surface area contributed by atoms with Crippen molar-refractivity contribution in [2.45, 2.75) is 31.2 Å². The van der Waals surface area contributed by atoms with Crippen LogP contribution in [0.15, 0.2) is 24.3 Å². The lowest BCUT2D eigenvalue weighted by atomic mass is 9.84. The van der Waals surface area contributed by atoms with Gasteiger partial charge in [-0.3, -0.25) is 4.79 Å². The number of carboxylic acid groups (broad SMARTS) is 1. The SMILES string of the molecule is N[C@@H](CSCC1CCCc2ccccc21)C(=O)O. The molecule has 0 amide bonds. The molecule has 1 unspecified atom stereocenters. The van der Waals surface area contributed by atoms with Crippen molar-refractivity contribution in [1.29, 1.82) is 0 Å². The average Bonchev–Trinajstić information content (AvgIpc) is 2.38. The van der Waals surface area contributed by atoms with E-state index in [9.17, 15) is 4.79 Å². The summed E-state index contributed by atoms with van der Waals surface area (Å²) in [6.07, 6.45) is 3.60. The Bertz CT molecular complexity index is 422. The van der Waals surface area contributed by atoms with Crippen LogP contribution in [0.5, 0.6) is 0 Å². The Hall–Kier alpha value is -1.00. The maximum atomic E-state index is 10.6. The molecule has 0 fully saturated rings. The molecule has 1 aliphatic carbocycles. The van der Waals surface area contributed by atoms with Crippen molar-refractivity contribution < 1.29 is 9.90 Å². The molecule has 3 nitrogen and oxygen atoms in total. The van der Waals surface area contributed by atoms with Crippen LogP contribution < -0.4 is 5.73 Å². The molecule has 0 bridgehead atoms. The molecule has 0 spiro atoms. The van der Waals surface area contributed by atoms with Gasteiger partial charge in [-0.25, -0.2) is 0 Å². The number of carbonyl (C=O) groups is 1. The minimum absolute atomic E-state index is 0.494. The number of rotatable bonds is 5. The number of aliphatic carboxylic acids is 1. The van der Waals surface area contributed by atoms with E-state index in [0.717, 1.165) is 5.75 Å². The van der Waals surface area contributed by atoms with Crippen molar-refractivity contribution in [3.05, 3.63) is 35.4 Å². The highest BCUT2D eigenvalue weighted by molar-refractivity contribution is 7.99. The van der Waals surface area contributed by atoms with Crippen molar-refractivity contribution in [3.63, 3.8) is 0 Å². The van der Waals surface area contributed by atoms with Gasteiger partial charge >= 0.3 is 5.97 Å². The van der Waals surface area contributed by atoms with Gasteiger partial charge < -0.3 is 10.8 Å². The molecule has 0 heterocycles. The lowest BCUT2D eigenvalue weighted by Gasteiger charge is -2.25. The Labute approximate surface area is 112 Å². The number of nitrogens with two attached hydrogens (primary N) is 1. The molecule has 0 aliphatic heterocycles. The number of carboxylic acids is 1. The first kappa shape index (κ1) is 13.4. The highest BCUT2D eigenvalue weighted by Crippen LogP contribution is 2.33. The molecule has 98 valence electrons. The minimum atomic E-state index is -0.911. The van der Waals surface area contributed by atoms with Crippen LogP contribution in [0.25, 0.3) is 0 Å². The second-order valence-electron chi connectivity index (χ2n) is 4.77. The summed E-state index contributed by atoms with van der Waals surface area (Å²) < 4.78 is 0. The zero-order chi connectivity index (χ0) is 13.0. The van der Waals surface area contributed by atoms with Gasteiger partial charge in [0.15, 0.2) is 0 Å². The van der Waals surface area contributed by atoms with E-state index >= 15 is 0 Å². The summed E-state index contributed by atoms with van der Waals surface area (Å²) in [4.78, 5) is 10.6. The topological polar surface area (TPSA) is 63.3 Å². The molecule has 0 saturated heterocycles. The van der Waals surface area contributed by atoms with Crippen molar-refractivity contribution in [2.24, 2.45) is 5.73 Å². The third-order valence-corrected chi connectivity index (χ3v) is 4.66. The van der Waals surface area contributed by atoms with Crippen LogP contribution in [0, 0.1) is 0 Å². The van der Waals surface area contributed by atoms with E-state index in [1.807, 2.05) is 0 Å². The Morgan fingerprint density at radius 3 is 3.06 bits per heavy atom. The zero-order valence-corrected chi connectivity index (χ0v) is 11.2. The predicted molar refractivity (Wildman–Crippen MR) is 75.1 cm³/mol. The second kappa shape index (κ2) is 6.25. The van der Waals surface area contributed by atoms with E-state index in [-0.39, 0.29) is 0 Å². The molecule has 0 radical (unpaired) electrons. The molecule has 2 rings (SSSR count). The fourth-order valence-electron chi connectivity index (χ4n) is 2.44. The van der Waals surface area contributed by atoms with Gasteiger partial charge in [-0.1, -0.05) is 24.3 Å². The third-order valence-electron chi connectivity index (χ3n) is 3.43. The van der Waals surface area contributed by atoms with Crippen LogP contribution in [0.2, 0.25) is 0 Å². The largest absolute Gasteiger partial charge is 0.480 e. The molecule has 3 N–H and O–H groups in total. The first-order chi connectivity index (χ1) is 8.68. The maximum Gasteiger partial charge on any atom is 0.321 e. The van der Waals surface area contributed by atoms with Crippen LogP contribution in [-0.4, -0.2) is 28.6 Å². The van der Waals surface area contributed by atoms with Crippen LogP contribution in [-0.2, 0) is 11.2 Å². The molecule has 0 saturated carbocycles. The number of thioether (sulfide) groups is 1. The van der Waals surface area contributed by atoms with E-state index in [0.29, 0.717) is 11.7 Å². The molecular weight excluding hydrogens is 246 g/mol. The van der Waals surface area contributed by atoms with Gasteiger partial charge in [-0.2, -0.15) is 11.8 Å².